The van der Waals surface area contributed by atoms with Crippen LogP contribution in [0.25, 0.3) is 0 Å². The molecule has 0 aromatic carbocycles. The average Bonchev–Trinajstić information content (AvgIpc) is 1.30. The zero-order chi connectivity index (χ0) is 3.70. The monoisotopic (exact) mass is 109 g/mol. The smallest absolute Gasteiger partial charge is 1.00 e. The average molecular weight is 110 g/mol. The molecule has 0 atom stereocenters. The van der Waals surface area contributed by atoms with Gasteiger partial charge in [-0.1, -0.05) is 0 Å². The van der Waals surface area contributed by atoms with Crippen LogP contribution < -0.4 is 12.4 Å². The number of rotatable bonds is 0. The third kappa shape index (κ3) is 1.12. The van der Waals surface area contributed by atoms with Crippen LogP contribution in [0.1, 0.15) is 7.85 Å². The van der Waals surface area contributed by atoms with Crippen molar-refractivity contribution >= 4 is 0 Å². The van der Waals surface area contributed by atoms with Crippen LogP contribution in [0.15, 0.2) is 0 Å². The van der Waals surface area contributed by atoms with E-state index in [1.165, 1.54) is 5.06 Å². The van der Waals surface area contributed by atoms with Gasteiger partial charge in [0.1, 0.15) is 0 Å². The van der Waals surface area contributed by atoms with Crippen LogP contribution in [0.3, 0.4) is 0 Å². The minimum atomic E-state index is 0. The molecule has 1 aliphatic heterocycles. The predicted octanol–water partition coefficient (Wildman–Crippen LogP) is -2.80. The number of hydroxylamine groups is 2. The van der Waals surface area contributed by atoms with E-state index in [9.17, 15) is 0 Å². The largest absolute Gasteiger partial charge is 1.00 e. The molecule has 2 nitrogen and oxygen atoms in total. The van der Waals surface area contributed by atoms with Gasteiger partial charge in [-0.3, -0.25) is 0 Å². The Kier molecular flexibility index (Phi) is 2.48. The quantitative estimate of drug-likeness (QED) is 0.363. The lowest BCUT2D eigenvalue weighted by molar-refractivity contribution is -0.137. The van der Waals surface area contributed by atoms with Crippen molar-refractivity contribution in [2.45, 2.75) is 6.42 Å². The lowest BCUT2D eigenvalue weighted by atomic mass is 10.3. The lowest BCUT2D eigenvalue weighted by Crippen LogP contribution is -3.00. The number of nitrogens with zero attached hydrogens (tertiary/aromatic N) is 1. The molecular formula is C3H8ClNO. The molecular weight excluding hydrogens is 101 g/mol. The van der Waals surface area contributed by atoms with Gasteiger partial charge in [-0.2, -0.15) is 5.06 Å². The van der Waals surface area contributed by atoms with Gasteiger partial charge in [-0.05, 0) is 6.42 Å². The van der Waals surface area contributed by atoms with E-state index in [2.05, 4.69) is 0 Å². The van der Waals surface area contributed by atoms with Gasteiger partial charge in [0, 0.05) is 13.1 Å². The third-order valence-electron chi connectivity index (χ3n) is 0.832. The molecule has 3 heteroatoms. The molecule has 1 fully saturated rings. The first-order valence-corrected chi connectivity index (χ1v) is 1.83. The number of hydrogen-bond acceptors (Lipinski definition) is 2. The summed E-state index contributed by atoms with van der Waals surface area (Å²) in [6, 6.07) is 0. The highest BCUT2D eigenvalue weighted by Crippen LogP contribution is 1.97. The Morgan fingerprint density at radius 3 is 1.83 bits per heavy atom. The van der Waals surface area contributed by atoms with Gasteiger partial charge in [-0.15, -0.1) is 0 Å². The Morgan fingerprint density at radius 1 is 1.50 bits per heavy atom. The molecule has 1 rings (SSSR count). The lowest BCUT2D eigenvalue weighted by Gasteiger charge is -2.22. The van der Waals surface area contributed by atoms with Crippen LogP contribution in [-0.2, 0) is 0 Å². The molecule has 0 unspecified atom stereocenters. The predicted molar refractivity (Wildman–Crippen MR) is 19.1 cm³/mol. The van der Waals surface area contributed by atoms with Crippen LogP contribution in [0.5, 0.6) is 0 Å². The van der Waals surface area contributed by atoms with Crippen molar-refractivity contribution in [3.8, 4) is 0 Å². The maximum Gasteiger partial charge on any atom is 1.00 e. The third-order valence-corrected chi connectivity index (χ3v) is 0.832. The van der Waals surface area contributed by atoms with Gasteiger partial charge in [0.25, 0.3) is 0 Å². The Bertz CT molecular complexity index is 41.9. The Hall–Kier alpha value is 0.210. The fourth-order valence-corrected chi connectivity index (χ4v) is 0.300. The van der Waals surface area contributed by atoms with Gasteiger partial charge in [0.15, 0.2) is 0 Å². The van der Waals surface area contributed by atoms with Gasteiger partial charge in [0.2, 0.25) is 0 Å². The van der Waals surface area contributed by atoms with E-state index in [0.29, 0.717) is 0 Å². The molecule has 0 spiro atoms. The Balaban J connectivity index is 0. The van der Waals surface area contributed by atoms with Crippen LogP contribution in [0, 0.1) is 0 Å². The molecule has 0 bridgehead atoms. The molecule has 1 saturated heterocycles. The molecule has 1 aliphatic rings. The summed E-state index contributed by atoms with van der Waals surface area (Å²) in [6.07, 6.45) is 1.16. The summed E-state index contributed by atoms with van der Waals surface area (Å²) in [4.78, 5) is 0. The highest BCUT2D eigenvalue weighted by Gasteiger charge is 2.07. The van der Waals surface area contributed by atoms with Crippen molar-refractivity contribution < 1.29 is 19.0 Å². The van der Waals surface area contributed by atoms with Crippen molar-refractivity contribution in [1.29, 1.82) is 0 Å². The van der Waals surface area contributed by atoms with Crippen LogP contribution >= 0.6 is 0 Å². The fourth-order valence-electron chi connectivity index (χ4n) is 0.300. The number of halogens is 1. The van der Waals surface area contributed by atoms with Crippen LogP contribution in [0.4, 0.5) is 0 Å². The molecule has 0 aromatic rings. The number of hydrogen-bond donors (Lipinski definition) is 1. The second-order valence-electron chi connectivity index (χ2n) is 1.31. The van der Waals surface area contributed by atoms with E-state index in [0.717, 1.165) is 19.5 Å². The summed E-state index contributed by atoms with van der Waals surface area (Å²) in [7, 11) is 0. The summed E-state index contributed by atoms with van der Waals surface area (Å²) in [5.74, 6) is 0. The molecule has 0 aliphatic carbocycles. The van der Waals surface area contributed by atoms with E-state index in [1.807, 2.05) is 0 Å². The molecule has 1 N–H and O–H groups in total. The Morgan fingerprint density at radius 2 is 1.83 bits per heavy atom. The second-order valence-corrected chi connectivity index (χ2v) is 1.31. The van der Waals surface area contributed by atoms with Crippen molar-refractivity contribution in [3.63, 3.8) is 0 Å². The maximum atomic E-state index is 8.28. The zero-order valence-corrected chi connectivity index (χ0v) is 4.15. The SMILES string of the molecule is ON1CCC1.[Cl-].[H+]. The molecule has 38 valence electrons. The van der Waals surface area contributed by atoms with Gasteiger partial charge >= 0.3 is 1.43 Å². The highest BCUT2D eigenvalue weighted by molar-refractivity contribution is 4.55. The minimum absolute atomic E-state index is 0. The molecule has 0 amide bonds. The first-order chi connectivity index (χ1) is 2.39. The Labute approximate surface area is 44.6 Å². The summed E-state index contributed by atoms with van der Waals surface area (Å²) in [6.45, 7) is 1.75. The summed E-state index contributed by atoms with van der Waals surface area (Å²) < 4.78 is 0. The second kappa shape index (κ2) is 2.39. The fraction of sp³-hybridized carbons (Fsp3) is 1.00. The van der Waals surface area contributed by atoms with E-state index in [4.69, 9.17) is 5.21 Å². The topological polar surface area (TPSA) is 23.5 Å². The van der Waals surface area contributed by atoms with Gasteiger partial charge in [-0.25, -0.2) is 0 Å². The first-order valence-electron chi connectivity index (χ1n) is 1.83. The van der Waals surface area contributed by atoms with Gasteiger partial charge in [0.05, 0.1) is 0 Å². The molecule has 1 heterocycles. The molecule has 0 aromatic heterocycles. The van der Waals surface area contributed by atoms with Gasteiger partial charge < -0.3 is 17.6 Å². The first kappa shape index (κ1) is 6.21. The molecule has 0 radical (unpaired) electrons. The van der Waals surface area contributed by atoms with E-state index >= 15 is 0 Å². The van der Waals surface area contributed by atoms with Crippen LogP contribution in [0.2, 0.25) is 0 Å². The van der Waals surface area contributed by atoms with Crippen molar-refractivity contribution in [2.24, 2.45) is 0 Å². The maximum absolute atomic E-state index is 8.28. The molecule has 6 heavy (non-hydrogen) atoms. The highest BCUT2D eigenvalue weighted by atomic mass is 35.5. The molecule has 0 saturated carbocycles. The van der Waals surface area contributed by atoms with E-state index < -0.39 is 0 Å². The normalized spacial score (nSPS) is 21.5. The van der Waals surface area contributed by atoms with Crippen LogP contribution in [-0.4, -0.2) is 23.4 Å². The van der Waals surface area contributed by atoms with Crippen molar-refractivity contribution in [3.05, 3.63) is 0 Å². The standard InChI is InChI=1S/C3H7NO.ClH/c5-4-2-1-3-4;/h5H,1-3H2;1H. The van der Waals surface area contributed by atoms with E-state index in [-0.39, 0.29) is 13.8 Å². The van der Waals surface area contributed by atoms with E-state index in [1.54, 1.807) is 0 Å². The minimum Gasteiger partial charge on any atom is -1.00 e. The summed E-state index contributed by atoms with van der Waals surface area (Å²) in [5.41, 5.74) is 0. The summed E-state index contributed by atoms with van der Waals surface area (Å²) >= 11 is 0. The summed E-state index contributed by atoms with van der Waals surface area (Å²) in [5, 5.41) is 9.59. The zero-order valence-electron chi connectivity index (χ0n) is 4.39. The van der Waals surface area contributed by atoms with Crippen molar-refractivity contribution in [2.75, 3.05) is 13.1 Å². The van der Waals surface area contributed by atoms with Crippen molar-refractivity contribution in [1.82, 2.24) is 5.06 Å².